The zero-order valence-electron chi connectivity index (χ0n) is 12.3. The first-order valence-corrected chi connectivity index (χ1v) is 7.93. The lowest BCUT2D eigenvalue weighted by atomic mass is 9.74. The lowest BCUT2D eigenvalue weighted by Gasteiger charge is -2.42. The third-order valence-corrected chi connectivity index (χ3v) is 5.03. The maximum atomic E-state index is 14.1. The molecular formula is C15H25F2NO3. The van der Waals surface area contributed by atoms with Crippen molar-refractivity contribution in [1.82, 2.24) is 5.32 Å². The van der Waals surface area contributed by atoms with Crippen molar-refractivity contribution < 1.29 is 23.8 Å². The van der Waals surface area contributed by atoms with E-state index in [9.17, 15) is 18.7 Å². The van der Waals surface area contributed by atoms with Crippen molar-refractivity contribution in [3.8, 4) is 0 Å². The summed E-state index contributed by atoms with van der Waals surface area (Å²) in [6, 6.07) is -0.433. The van der Waals surface area contributed by atoms with Gasteiger partial charge in [-0.15, -0.1) is 0 Å². The Hall–Kier alpha value is -0.750. The Labute approximate surface area is 123 Å². The predicted octanol–water partition coefficient (Wildman–Crippen LogP) is 1.98. The summed E-state index contributed by atoms with van der Waals surface area (Å²) in [7, 11) is 0. The number of hydrogen-bond acceptors (Lipinski definition) is 3. The summed E-state index contributed by atoms with van der Waals surface area (Å²) in [5.41, 5.74) is -2.19. The van der Waals surface area contributed by atoms with E-state index in [-0.39, 0.29) is 31.8 Å². The van der Waals surface area contributed by atoms with Crippen LogP contribution in [0, 0.1) is 5.92 Å². The number of carbonyl (C=O) groups is 1. The Morgan fingerprint density at radius 2 is 1.86 bits per heavy atom. The van der Waals surface area contributed by atoms with Crippen molar-refractivity contribution in [1.29, 1.82) is 0 Å². The van der Waals surface area contributed by atoms with Crippen LogP contribution in [0.15, 0.2) is 0 Å². The number of amides is 1. The molecule has 2 aliphatic rings. The average molecular weight is 305 g/mol. The molecule has 4 nitrogen and oxygen atoms in total. The van der Waals surface area contributed by atoms with Crippen LogP contribution in [-0.2, 0) is 4.79 Å². The minimum atomic E-state index is -3.76. The lowest BCUT2D eigenvalue weighted by molar-refractivity contribution is -0.216. The third-order valence-electron chi connectivity index (χ3n) is 5.03. The number of hydrogen-bond donors (Lipinski definition) is 3. The molecule has 0 saturated heterocycles. The molecule has 0 heterocycles. The molecule has 0 aliphatic heterocycles. The first-order valence-electron chi connectivity index (χ1n) is 7.93. The SMILES string of the molecule is O=C(NC(CCO)C1CCCCC1)C(F)(F)C1(O)CCC1. The highest BCUT2D eigenvalue weighted by Gasteiger charge is 2.61. The van der Waals surface area contributed by atoms with Crippen molar-refractivity contribution >= 4 is 5.91 Å². The Bertz CT molecular complexity index is 366. The number of aliphatic hydroxyl groups is 2. The molecule has 2 saturated carbocycles. The molecule has 1 atom stereocenters. The Kier molecular flexibility index (Phi) is 5.20. The van der Waals surface area contributed by atoms with Crippen molar-refractivity contribution in [2.75, 3.05) is 6.61 Å². The number of alkyl halides is 2. The molecule has 122 valence electrons. The summed E-state index contributed by atoms with van der Waals surface area (Å²) in [5, 5.41) is 21.3. The van der Waals surface area contributed by atoms with Gasteiger partial charge in [-0.1, -0.05) is 19.3 Å². The molecule has 0 spiro atoms. The van der Waals surface area contributed by atoms with Gasteiger partial charge in [0.05, 0.1) is 0 Å². The average Bonchev–Trinajstić information content (AvgIpc) is 2.44. The van der Waals surface area contributed by atoms with Crippen LogP contribution in [-0.4, -0.2) is 40.3 Å². The summed E-state index contributed by atoms with van der Waals surface area (Å²) in [6.07, 6.45) is 5.69. The molecule has 2 aliphatic carbocycles. The predicted molar refractivity (Wildman–Crippen MR) is 74.0 cm³/mol. The number of rotatable bonds is 6. The molecule has 0 radical (unpaired) electrons. The van der Waals surface area contributed by atoms with Crippen molar-refractivity contribution in [3.63, 3.8) is 0 Å². The second-order valence-corrected chi connectivity index (χ2v) is 6.45. The summed E-state index contributed by atoms with van der Waals surface area (Å²) in [6.45, 7) is -0.142. The Balaban J connectivity index is 2.00. The highest BCUT2D eigenvalue weighted by Crippen LogP contribution is 2.44. The van der Waals surface area contributed by atoms with Crippen LogP contribution in [0.3, 0.4) is 0 Å². The molecule has 0 aromatic heterocycles. The third kappa shape index (κ3) is 3.37. The van der Waals surface area contributed by atoms with Gasteiger partial charge in [0, 0.05) is 12.6 Å². The molecular weight excluding hydrogens is 280 g/mol. The molecule has 21 heavy (non-hydrogen) atoms. The minimum Gasteiger partial charge on any atom is -0.396 e. The summed E-state index contributed by atoms with van der Waals surface area (Å²) < 4.78 is 28.2. The normalized spacial score (nSPS) is 24.2. The monoisotopic (exact) mass is 305 g/mol. The summed E-state index contributed by atoms with van der Waals surface area (Å²) in [5.74, 6) is -5.01. The number of nitrogens with one attached hydrogen (secondary N) is 1. The van der Waals surface area contributed by atoms with Gasteiger partial charge in [-0.3, -0.25) is 4.79 Å². The van der Waals surface area contributed by atoms with E-state index in [1.165, 1.54) is 0 Å². The van der Waals surface area contributed by atoms with Crippen LogP contribution < -0.4 is 5.32 Å². The second-order valence-electron chi connectivity index (χ2n) is 6.45. The minimum absolute atomic E-state index is 0.0402. The van der Waals surface area contributed by atoms with Gasteiger partial charge < -0.3 is 15.5 Å². The van der Waals surface area contributed by atoms with E-state index in [0.29, 0.717) is 6.42 Å². The van der Waals surface area contributed by atoms with Crippen LogP contribution in [0.25, 0.3) is 0 Å². The molecule has 0 aromatic rings. The fourth-order valence-electron chi connectivity index (χ4n) is 3.40. The first kappa shape index (κ1) is 16.6. The van der Waals surface area contributed by atoms with Gasteiger partial charge in [-0.2, -0.15) is 8.78 Å². The van der Waals surface area contributed by atoms with E-state index in [2.05, 4.69) is 5.32 Å². The zero-order valence-corrected chi connectivity index (χ0v) is 12.3. The van der Waals surface area contributed by atoms with Gasteiger partial charge in [0.25, 0.3) is 5.91 Å². The van der Waals surface area contributed by atoms with Gasteiger partial charge in [-0.05, 0) is 44.4 Å². The maximum absolute atomic E-state index is 14.1. The maximum Gasteiger partial charge on any atom is 0.352 e. The lowest BCUT2D eigenvalue weighted by Crippen LogP contribution is -2.62. The van der Waals surface area contributed by atoms with Crippen LogP contribution >= 0.6 is 0 Å². The molecule has 6 heteroatoms. The Morgan fingerprint density at radius 3 is 2.33 bits per heavy atom. The molecule has 2 rings (SSSR count). The van der Waals surface area contributed by atoms with E-state index in [4.69, 9.17) is 5.11 Å². The van der Waals surface area contributed by atoms with Crippen LogP contribution in [0.1, 0.15) is 57.8 Å². The zero-order chi connectivity index (χ0) is 15.5. The summed E-state index contributed by atoms with van der Waals surface area (Å²) in [4.78, 5) is 11.9. The molecule has 0 bridgehead atoms. The molecule has 3 N–H and O–H groups in total. The first-order chi connectivity index (χ1) is 9.90. The number of halogens is 2. The molecule has 2 fully saturated rings. The van der Waals surface area contributed by atoms with Gasteiger partial charge in [0.1, 0.15) is 5.60 Å². The quantitative estimate of drug-likeness (QED) is 0.703. The van der Waals surface area contributed by atoms with Crippen molar-refractivity contribution in [2.24, 2.45) is 5.92 Å². The van der Waals surface area contributed by atoms with Crippen LogP contribution in [0.4, 0.5) is 8.78 Å². The fourth-order valence-corrected chi connectivity index (χ4v) is 3.40. The molecule has 1 amide bonds. The molecule has 0 aromatic carbocycles. The largest absolute Gasteiger partial charge is 0.396 e. The topological polar surface area (TPSA) is 69.6 Å². The highest BCUT2D eigenvalue weighted by molar-refractivity contribution is 5.85. The van der Waals surface area contributed by atoms with Gasteiger partial charge in [0.2, 0.25) is 0 Å². The van der Waals surface area contributed by atoms with Crippen LogP contribution in [0.5, 0.6) is 0 Å². The molecule has 1 unspecified atom stereocenters. The standard InChI is InChI=1S/C15H25F2NO3/c16-15(17,14(21)8-4-9-14)13(20)18-12(7-10-19)11-5-2-1-3-6-11/h11-12,19,21H,1-10H2,(H,18,20). The summed E-state index contributed by atoms with van der Waals surface area (Å²) >= 11 is 0. The fraction of sp³-hybridized carbons (Fsp3) is 0.933. The van der Waals surface area contributed by atoms with Gasteiger partial charge in [-0.25, -0.2) is 0 Å². The van der Waals surface area contributed by atoms with Crippen LogP contribution in [0.2, 0.25) is 0 Å². The smallest absolute Gasteiger partial charge is 0.352 e. The number of carbonyl (C=O) groups excluding carboxylic acids is 1. The van der Waals surface area contributed by atoms with Gasteiger partial charge in [0.15, 0.2) is 0 Å². The highest BCUT2D eigenvalue weighted by atomic mass is 19.3. The van der Waals surface area contributed by atoms with E-state index < -0.39 is 23.5 Å². The van der Waals surface area contributed by atoms with Crippen molar-refractivity contribution in [2.45, 2.75) is 75.4 Å². The van der Waals surface area contributed by atoms with E-state index in [0.717, 1.165) is 32.1 Å². The van der Waals surface area contributed by atoms with E-state index >= 15 is 0 Å². The van der Waals surface area contributed by atoms with Gasteiger partial charge >= 0.3 is 5.92 Å². The van der Waals surface area contributed by atoms with E-state index in [1.54, 1.807) is 0 Å². The van der Waals surface area contributed by atoms with Crippen molar-refractivity contribution in [3.05, 3.63) is 0 Å². The Morgan fingerprint density at radius 1 is 1.24 bits per heavy atom. The van der Waals surface area contributed by atoms with E-state index in [1.807, 2.05) is 0 Å². The second kappa shape index (κ2) is 6.57. The number of aliphatic hydroxyl groups excluding tert-OH is 1.